The minimum Gasteiger partial charge on any atom is -0.481 e. The summed E-state index contributed by atoms with van der Waals surface area (Å²) in [6.45, 7) is 0.224. The summed E-state index contributed by atoms with van der Waals surface area (Å²) in [6.07, 6.45) is 1.69. The Kier molecular flexibility index (Phi) is 4.04. The van der Waals surface area contributed by atoms with Crippen LogP contribution >= 0.6 is 0 Å². The summed E-state index contributed by atoms with van der Waals surface area (Å²) in [4.78, 5) is 22.2. The molecule has 5 heteroatoms. The van der Waals surface area contributed by atoms with Crippen molar-refractivity contribution in [3.8, 4) is 0 Å². The van der Waals surface area contributed by atoms with E-state index >= 15 is 0 Å². The zero-order valence-electron chi connectivity index (χ0n) is 10.6. The molecule has 102 valence electrons. The van der Waals surface area contributed by atoms with E-state index in [1.54, 1.807) is 0 Å². The Balaban J connectivity index is 1.74. The predicted molar refractivity (Wildman–Crippen MR) is 68.6 cm³/mol. The number of alkyl carbamates (subject to hydrolysis) is 1. The molecule has 0 radical (unpaired) electrons. The number of hydrogen-bond acceptors (Lipinski definition) is 3. The lowest BCUT2D eigenvalue weighted by Gasteiger charge is -2.16. The minimum atomic E-state index is -0.842. The van der Waals surface area contributed by atoms with Crippen LogP contribution in [0.3, 0.4) is 0 Å². The van der Waals surface area contributed by atoms with Crippen LogP contribution in [0.5, 0.6) is 0 Å². The summed E-state index contributed by atoms with van der Waals surface area (Å²) < 4.78 is 5.11. The molecule has 0 saturated heterocycles. The smallest absolute Gasteiger partial charge is 0.407 e. The first kappa shape index (κ1) is 13.4. The summed E-state index contributed by atoms with van der Waals surface area (Å²) in [5.41, 5.74) is 0.569. The second-order valence-electron chi connectivity index (χ2n) is 4.86. The number of benzene rings is 1. The molecule has 5 nitrogen and oxygen atoms in total. The molecule has 0 spiro atoms. The number of carbonyl (C=O) groups excluding carboxylic acids is 1. The predicted octanol–water partition coefficient (Wildman–Crippen LogP) is 2.31. The van der Waals surface area contributed by atoms with E-state index in [1.165, 1.54) is 0 Å². The molecule has 0 aromatic heterocycles. The maximum Gasteiger partial charge on any atom is 0.407 e. The number of carboxylic acid groups (broad SMARTS) is 1. The monoisotopic (exact) mass is 263 g/mol. The first-order valence-corrected chi connectivity index (χ1v) is 6.30. The van der Waals surface area contributed by atoms with Crippen molar-refractivity contribution in [3.63, 3.8) is 0 Å². The zero-order valence-corrected chi connectivity index (χ0v) is 10.6. The number of ether oxygens (including phenoxy) is 1. The standard InChI is InChI=1S/C14H17NO4/c16-12(17)6-7-14(8-9-14)15-13(18)19-10-11-4-2-1-3-5-11/h1-5H,6-10H2,(H,15,18)(H,16,17). The number of aliphatic carboxylic acids is 1. The van der Waals surface area contributed by atoms with Crippen molar-refractivity contribution in [2.75, 3.05) is 0 Å². The number of nitrogens with one attached hydrogen (secondary N) is 1. The van der Waals surface area contributed by atoms with E-state index in [2.05, 4.69) is 5.32 Å². The third-order valence-electron chi connectivity index (χ3n) is 3.25. The van der Waals surface area contributed by atoms with Gasteiger partial charge in [-0.2, -0.15) is 0 Å². The maximum atomic E-state index is 11.6. The molecule has 0 unspecified atom stereocenters. The van der Waals surface area contributed by atoms with Gasteiger partial charge in [0.1, 0.15) is 6.61 Å². The van der Waals surface area contributed by atoms with Gasteiger partial charge in [0.15, 0.2) is 0 Å². The number of hydrogen-bond donors (Lipinski definition) is 2. The summed E-state index contributed by atoms with van der Waals surface area (Å²) in [5, 5.41) is 11.4. The van der Waals surface area contributed by atoms with Gasteiger partial charge >= 0.3 is 12.1 Å². The highest BCUT2D eigenvalue weighted by Gasteiger charge is 2.44. The van der Waals surface area contributed by atoms with Crippen LogP contribution in [0.25, 0.3) is 0 Å². The van der Waals surface area contributed by atoms with Crippen molar-refractivity contribution < 1.29 is 19.4 Å². The Morgan fingerprint density at radius 2 is 1.95 bits per heavy atom. The van der Waals surface area contributed by atoms with Crippen molar-refractivity contribution in [2.24, 2.45) is 0 Å². The second kappa shape index (κ2) is 5.73. The van der Waals surface area contributed by atoms with Crippen LogP contribution < -0.4 is 5.32 Å². The second-order valence-corrected chi connectivity index (χ2v) is 4.86. The molecule has 1 aromatic rings. The molecule has 2 rings (SSSR count). The van der Waals surface area contributed by atoms with Gasteiger partial charge in [-0.3, -0.25) is 4.79 Å². The molecule has 1 aliphatic rings. The molecule has 1 aliphatic carbocycles. The van der Waals surface area contributed by atoms with Gasteiger partial charge in [-0.1, -0.05) is 30.3 Å². The lowest BCUT2D eigenvalue weighted by Crippen LogP contribution is -2.37. The van der Waals surface area contributed by atoms with Crippen LogP contribution in [0.15, 0.2) is 30.3 Å². The van der Waals surface area contributed by atoms with Crippen molar-refractivity contribution in [2.45, 2.75) is 37.8 Å². The van der Waals surface area contributed by atoms with Gasteiger partial charge in [-0.25, -0.2) is 4.79 Å². The first-order chi connectivity index (χ1) is 9.10. The van der Waals surface area contributed by atoms with Crippen molar-refractivity contribution in [1.29, 1.82) is 0 Å². The highest BCUT2D eigenvalue weighted by molar-refractivity contribution is 5.70. The van der Waals surface area contributed by atoms with Crippen LogP contribution in [-0.2, 0) is 16.1 Å². The Labute approximate surface area is 111 Å². The normalized spacial score (nSPS) is 15.6. The van der Waals surface area contributed by atoms with Gasteiger partial charge in [-0.05, 0) is 24.8 Å². The lowest BCUT2D eigenvalue weighted by atomic mass is 10.1. The molecule has 1 aromatic carbocycles. The van der Waals surface area contributed by atoms with Crippen molar-refractivity contribution >= 4 is 12.1 Å². The summed E-state index contributed by atoms with van der Waals surface area (Å²) in [7, 11) is 0. The number of rotatable bonds is 6. The summed E-state index contributed by atoms with van der Waals surface area (Å²) in [6, 6.07) is 9.42. The van der Waals surface area contributed by atoms with E-state index in [-0.39, 0.29) is 18.6 Å². The number of carbonyl (C=O) groups is 2. The fourth-order valence-electron chi connectivity index (χ4n) is 1.91. The van der Waals surface area contributed by atoms with E-state index in [4.69, 9.17) is 9.84 Å². The Morgan fingerprint density at radius 1 is 1.26 bits per heavy atom. The molecule has 1 fully saturated rings. The van der Waals surface area contributed by atoms with Gasteiger partial charge in [0.2, 0.25) is 0 Å². The molecule has 19 heavy (non-hydrogen) atoms. The Hall–Kier alpha value is -2.04. The maximum absolute atomic E-state index is 11.6. The lowest BCUT2D eigenvalue weighted by molar-refractivity contribution is -0.137. The Morgan fingerprint density at radius 3 is 2.53 bits per heavy atom. The highest BCUT2D eigenvalue weighted by atomic mass is 16.5. The molecular weight excluding hydrogens is 246 g/mol. The van der Waals surface area contributed by atoms with E-state index < -0.39 is 12.1 Å². The quantitative estimate of drug-likeness (QED) is 0.825. The van der Waals surface area contributed by atoms with E-state index in [0.717, 1.165) is 18.4 Å². The molecule has 0 atom stereocenters. The molecule has 0 bridgehead atoms. The molecule has 0 heterocycles. The number of carboxylic acids is 1. The SMILES string of the molecule is O=C(O)CCC1(NC(=O)OCc2ccccc2)CC1. The van der Waals surface area contributed by atoms with Gasteiger partial charge in [0, 0.05) is 12.0 Å². The summed E-state index contributed by atoms with van der Waals surface area (Å²) in [5.74, 6) is -0.842. The molecular formula is C14H17NO4. The average Bonchev–Trinajstić information content (AvgIpc) is 3.16. The van der Waals surface area contributed by atoms with Crippen LogP contribution in [0.4, 0.5) is 4.79 Å². The highest BCUT2D eigenvalue weighted by Crippen LogP contribution is 2.39. The topological polar surface area (TPSA) is 75.6 Å². The van der Waals surface area contributed by atoms with Crippen molar-refractivity contribution in [1.82, 2.24) is 5.32 Å². The average molecular weight is 263 g/mol. The van der Waals surface area contributed by atoms with E-state index in [9.17, 15) is 9.59 Å². The Bertz CT molecular complexity index is 454. The summed E-state index contributed by atoms with van der Waals surface area (Å²) >= 11 is 0. The molecule has 1 saturated carbocycles. The minimum absolute atomic E-state index is 0.0684. The largest absolute Gasteiger partial charge is 0.481 e. The van der Waals surface area contributed by atoms with E-state index in [1.807, 2.05) is 30.3 Å². The van der Waals surface area contributed by atoms with Gasteiger partial charge in [0.25, 0.3) is 0 Å². The molecule has 0 aliphatic heterocycles. The first-order valence-electron chi connectivity index (χ1n) is 6.30. The molecule has 1 amide bonds. The van der Waals surface area contributed by atoms with Crippen LogP contribution in [0.2, 0.25) is 0 Å². The van der Waals surface area contributed by atoms with Gasteiger partial charge < -0.3 is 15.2 Å². The molecule has 2 N–H and O–H groups in total. The number of amides is 1. The third-order valence-corrected chi connectivity index (χ3v) is 3.25. The van der Waals surface area contributed by atoms with Crippen LogP contribution in [0, 0.1) is 0 Å². The van der Waals surface area contributed by atoms with Crippen LogP contribution in [-0.4, -0.2) is 22.7 Å². The zero-order chi connectivity index (χ0) is 13.7. The fraction of sp³-hybridized carbons (Fsp3) is 0.429. The third kappa shape index (κ3) is 4.28. The fourth-order valence-corrected chi connectivity index (χ4v) is 1.91. The van der Waals surface area contributed by atoms with Gasteiger partial charge in [-0.15, -0.1) is 0 Å². The van der Waals surface area contributed by atoms with Crippen LogP contribution in [0.1, 0.15) is 31.2 Å². The van der Waals surface area contributed by atoms with Crippen molar-refractivity contribution in [3.05, 3.63) is 35.9 Å². The van der Waals surface area contributed by atoms with E-state index in [0.29, 0.717) is 6.42 Å². The van der Waals surface area contributed by atoms with Gasteiger partial charge in [0.05, 0.1) is 0 Å².